The van der Waals surface area contributed by atoms with E-state index in [0.717, 1.165) is 0 Å². The third kappa shape index (κ3) is 1.80. The van der Waals surface area contributed by atoms with Gasteiger partial charge in [-0.25, -0.2) is 4.39 Å². The average Bonchev–Trinajstić information content (AvgIpc) is 2.58. The Labute approximate surface area is 93.1 Å². The van der Waals surface area contributed by atoms with Crippen LogP contribution in [0.3, 0.4) is 0 Å². The number of hydrogen-bond donors (Lipinski definition) is 3. The molecule has 1 heterocycles. The molecule has 1 aromatic carbocycles. The summed E-state index contributed by atoms with van der Waals surface area (Å²) in [4.78, 5) is 0. The second kappa shape index (κ2) is 3.54. The van der Waals surface area contributed by atoms with E-state index in [1.54, 1.807) is 0 Å². The first-order valence-corrected chi connectivity index (χ1v) is 4.86. The highest BCUT2D eigenvalue weighted by Crippen LogP contribution is 2.35. The molecule has 0 aliphatic heterocycles. The first-order valence-electron chi connectivity index (χ1n) is 4.07. The van der Waals surface area contributed by atoms with Crippen LogP contribution in [0.2, 0.25) is 0 Å². The third-order valence-corrected chi connectivity index (χ3v) is 2.52. The van der Waals surface area contributed by atoms with Gasteiger partial charge in [-0.2, -0.15) is 5.10 Å². The molecule has 0 bridgehead atoms. The highest BCUT2D eigenvalue weighted by atomic mass is 79.9. The molecule has 0 aliphatic rings. The van der Waals surface area contributed by atoms with E-state index in [9.17, 15) is 9.50 Å². The number of H-pyrrole nitrogens is 1. The van der Waals surface area contributed by atoms with Crippen LogP contribution in [0.4, 0.5) is 10.2 Å². The van der Waals surface area contributed by atoms with E-state index in [4.69, 9.17) is 5.73 Å². The van der Waals surface area contributed by atoms with Gasteiger partial charge in [-0.15, -0.1) is 0 Å². The van der Waals surface area contributed by atoms with E-state index in [0.29, 0.717) is 11.3 Å². The standard InChI is InChI=1S/C9H7BrFN3O/c10-6-2-4(11)1-5(9(6)15)7-3-8(12)14-13-7/h1-3,15H,(H3,12,13,14). The molecular formula is C9H7BrFN3O. The zero-order valence-electron chi connectivity index (χ0n) is 7.46. The van der Waals surface area contributed by atoms with Crippen molar-refractivity contribution in [3.8, 4) is 17.0 Å². The van der Waals surface area contributed by atoms with Gasteiger partial charge in [0.1, 0.15) is 17.4 Å². The lowest BCUT2D eigenvalue weighted by Crippen LogP contribution is -1.84. The summed E-state index contributed by atoms with van der Waals surface area (Å²) in [6.07, 6.45) is 0. The van der Waals surface area contributed by atoms with Crippen molar-refractivity contribution in [3.63, 3.8) is 0 Å². The number of aromatic hydroxyl groups is 1. The zero-order valence-corrected chi connectivity index (χ0v) is 9.05. The molecule has 1 aromatic heterocycles. The number of nitrogens with two attached hydrogens (primary N) is 1. The minimum Gasteiger partial charge on any atom is -0.506 e. The topological polar surface area (TPSA) is 74.9 Å². The molecule has 4 nitrogen and oxygen atoms in total. The maximum atomic E-state index is 13.1. The van der Waals surface area contributed by atoms with Gasteiger partial charge in [0.15, 0.2) is 0 Å². The Morgan fingerprint density at radius 3 is 2.73 bits per heavy atom. The van der Waals surface area contributed by atoms with Gasteiger partial charge in [0.25, 0.3) is 0 Å². The summed E-state index contributed by atoms with van der Waals surface area (Å²) in [7, 11) is 0. The summed E-state index contributed by atoms with van der Waals surface area (Å²) in [5.74, 6) is -0.229. The number of benzene rings is 1. The largest absolute Gasteiger partial charge is 0.506 e. The van der Waals surface area contributed by atoms with Crippen molar-refractivity contribution in [2.75, 3.05) is 5.73 Å². The Morgan fingerprint density at radius 2 is 2.13 bits per heavy atom. The predicted octanol–water partition coefficient (Wildman–Crippen LogP) is 2.27. The van der Waals surface area contributed by atoms with Gasteiger partial charge >= 0.3 is 0 Å². The highest BCUT2D eigenvalue weighted by molar-refractivity contribution is 9.10. The monoisotopic (exact) mass is 271 g/mol. The predicted molar refractivity (Wildman–Crippen MR) is 57.8 cm³/mol. The lowest BCUT2D eigenvalue weighted by molar-refractivity contribution is 0.471. The molecule has 0 amide bonds. The van der Waals surface area contributed by atoms with Crippen molar-refractivity contribution in [2.24, 2.45) is 0 Å². The number of halogens is 2. The normalized spacial score (nSPS) is 10.5. The van der Waals surface area contributed by atoms with Crippen molar-refractivity contribution < 1.29 is 9.50 Å². The highest BCUT2D eigenvalue weighted by Gasteiger charge is 2.12. The molecule has 6 heteroatoms. The van der Waals surface area contributed by atoms with Crippen LogP contribution in [0.1, 0.15) is 0 Å². The fraction of sp³-hybridized carbons (Fsp3) is 0. The molecule has 0 unspecified atom stereocenters. The number of nitrogens with one attached hydrogen (secondary N) is 1. The third-order valence-electron chi connectivity index (χ3n) is 1.92. The molecule has 15 heavy (non-hydrogen) atoms. The number of phenols is 1. The second-order valence-electron chi connectivity index (χ2n) is 2.99. The van der Waals surface area contributed by atoms with Crippen LogP contribution in [0, 0.1) is 5.82 Å². The van der Waals surface area contributed by atoms with Crippen molar-refractivity contribution in [3.05, 3.63) is 28.5 Å². The van der Waals surface area contributed by atoms with Crippen molar-refractivity contribution in [1.29, 1.82) is 0 Å². The van der Waals surface area contributed by atoms with Gasteiger partial charge in [0, 0.05) is 11.6 Å². The molecule has 0 radical (unpaired) electrons. The fourth-order valence-electron chi connectivity index (χ4n) is 1.25. The van der Waals surface area contributed by atoms with Gasteiger partial charge in [-0.05, 0) is 28.1 Å². The molecule has 0 saturated carbocycles. The lowest BCUT2D eigenvalue weighted by atomic mass is 10.1. The Hall–Kier alpha value is -1.56. The summed E-state index contributed by atoms with van der Waals surface area (Å²) in [6.45, 7) is 0. The van der Waals surface area contributed by atoms with Crippen molar-refractivity contribution >= 4 is 21.7 Å². The Balaban J connectivity index is 2.62. The Morgan fingerprint density at radius 1 is 1.40 bits per heavy atom. The van der Waals surface area contributed by atoms with Crippen LogP contribution >= 0.6 is 15.9 Å². The van der Waals surface area contributed by atoms with Gasteiger partial charge in [-0.3, -0.25) is 5.10 Å². The molecule has 0 atom stereocenters. The Bertz CT molecular complexity index is 512. The molecule has 0 aliphatic carbocycles. The van der Waals surface area contributed by atoms with E-state index in [1.165, 1.54) is 18.2 Å². The molecule has 0 fully saturated rings. The minimum atomic E-state index is -0.456. The van der Waals surface area contributed by atoms with Gasteiger partial charge in [0.05, 0.1) is 10.2 Å². The van der Waals surface area contributed by atoms with Crippen molar-refractivity contribution in [1.82, 2.24) is 10.2 Å². The molecule has 0 saturated heterocycles. The van der Waals surface area contributed by atoms with Crippen LogP contribution in [0.25, 0.3) is 11.3 Å². The number of aromatic amines is 1. The van der Waals surface area contributed by atoms with Crippen LogP contribution in [-0.2, 0) is 0 Å². The number of aromatic nitrogens is 2. The summed E-state index contributed by atoms with van der Waals surface area (Å²) >= 11 is 3.05. The molecule has 2 aromatic rings. The SMILES string of the molecule is Nc1cc(-c2cc(F)cc(Br)c2O)[nH]n1. The fourth-order valence-corrected chi connectivity index (χ4v) is 1.68. The summed E-state index contributed by atoms with van der Waals surface area (Å²) < 4.78 is 13.4. The first kappa shape index (κ1) is 9.97. The number of rotatable bonds is 1. The van der Waals surface area contributed by atoms with Gasteiger partial charge in [-0.1, -0.05) is 0 Å². The van der Waals surface area contributed by atoms with E-state index < -0.39 is 5.82 Å². The number of hydrogen-bond acceptors (Lipinski definition) is 3. The number of anilines is 1. The molecule has 2 rings (SSSR count). The quantitative estimate of drug-likeness (QED) is 0.745. The Kier molecular flexibility index (Phi) is 2.36. The molecular weight excluding hydrogens is 265 g/mol. The number of nitrogens with zero attached hydrogens (tertiary/aromatic N) is 1. The molecule has 0 spiro atoms. The summed E-state index contributed by atoms with van der Waals surface area (Å²) in [6, 6.07) is 3.90. The molecule has 78 valence electrons. The first-order chi connectivity index (χ1) is 7.08. The van der Waals surface area contributed by atoms with Crippen LogP contribution in [-0.4, -0.2) is 15.3 Å². The lowest BCUT2D eigenvalue weighted by Gasteiger charge is -2.03. The van der Waals surface area contributed by atoms with E-state index in [1.807, 2.05) is 0 Å². The summed E-state index contributed by atoms with van der Waals surface area (Å²) in [5, 5.41) is 16.0. The van der Waals surface area contributed by atoms with E-state index >= 15 is 0 Å². The summed E-state index contributed by atoms with van der Waals surface area (Å²) in [5.41, 5.74) is 6.19. The van der Waals surface area contributed by atoms with Gasteiger partial charge in [0.2, 0.25) is 0 Å². The van der Waals surface area contributed by atoms with Crippen LogP contribution in [0.15, 0.2) is 22.7 Å². The second-order valence-corrected chi connectivity index (χ2v) is 3.84. The van der Waals surface area contributed by atoms with Gasteiger partial charge < -0.3 is 10.8 Å². The zero-order chi connectivity index (χ0) is 11.0. The van der Waals surface area contributed by atoms with E-state index in [2.05, 4.69) is 26.1 Å². The maximum Gasteiger partial charge on any atom is 0.145 e. The number of nitrogen functional groups attached to an aromatic ring is 1. The number of phenolic OH excluding ortho intramolecular Hbond substituents is 1. The van der Waals surface area contributed by atoms with Crippen molar-refractivity contribution in [2.45, 2.75) is 0 Å². The average molecular weight is 272 g/mol. The smallest absolute Gasteiger partial charge is 0.145 e. The minimum absolute atomic E-state index is 0.0555. The van der Waals surface area contributed by atoms with Crippen LogP contribution < -0.4 is 5.73 Å². The van der Waals surface area contributed by atoms with E-state index in [-0.39, 0.29) is 16.0 Å². The van der Waals surface area contributed by atoms with Crippen LogP contribution in [0.5, 0.6) is 5.75 Å². The molecule has 4 N–H and O–H groups in total. The maximum absolute atomic E-state index is 13.1.